The molecule has 1 N–H and O–H groups in total. The number of methoxy groups -OCH3 is 1. The predicted molar refractivity (Wildman–Crippen MR) is 96.3 cm³/mol. The van der Waals surface area contributed by atoms with Crippen molar-refractivity contribution in [3.8, 4) is 5.75 Å². The Morgan fingerprint density at radius 1 is 1.08 bits per heavy atom. The molecular weight excluding hydrogens is 298 g/mol. The lowest BCUT2D eigenvalue weighted by atomic mass is 9.90. The van der Waals surface area contributed by atoms with E-state index in [1.807, 2.05) is 31.2 Å². The highest BCUT2D eigenvalue weighted by Gasteiger charge is 2.13. The highest BCUT2D eigenvalue weighted by molar-refractivity contribution is 5.79. The fourth-order valence-corrected chi connectivity index (χ4v) is 3.35. The molecule has 3 nitrogen and oxygen atoms in total. The molecule has 1 aliphatic carbocycles. The van der Waals surface area contributed by atoms with Crippen LogP contribution in [0.5, 0.6) is 5.75 Å². The molecule has 0 fully saturated rings. The summed E-state index contributed by atoms with van der Waals surface area (Å²) in [7, 11) is 1.65. The van der Waals surface area contributed by atoms with Crippen LogP contribution < -0.4 is 10.1 Å². The number of hydrogen-bond donors (Lipinski definition) is 1. The van der Waals surface area contributed by atoms with Gasteiger partial charge in [0.2, 0.25) is 5.91 Å². The van der Waals surface area contributed by atoms with Crippen molar-refractivity contribution >= 4 is 5.91 Å². The van der Waals surface area contributed by atoms with Crippen molar-refractivity contribution in [2.75, 3.05) is 7.11 Å². The number of carbonyl (C=O) groups is 1. The van der Waals surface area contributed by atoms with Gasteiger partial charge in [-0.2, -0.15) is 0 Å². The van der Waals surface area contributed by atoms with E-state index in [1.54, 1.807) is 7.11 Å². The maximum Gasteiger partial charge on any atom is 0.224 e. The van der Waals surface area contributed by atoms with Gasteiger partial charge in [0.1, 0.15) is 5.75 Å². The molecule has 0 bridgehead atoms. The monoisotopic (exact) mass is 323 g/mol. The first kappa shape index (κ1) is 16.6. The smallest absolute Gasteiger partial charge is 0.224 e. The van der Waals surface area contributed by atoms with E-state index in [0.717, 1.165) is 23.3 Å². The van der Waals surface area contributed by atoms with E-state index in [2.05, 4.69) is 23.5 Å². The number of benzene rings is 2. The maximum absolute atomic E-state index is 12.4. The van der Waals surface area contributed by atoms with Crippen LogP contribution in [0.3, 0.4) is 0 Å². The lowest BCUT2D eigenvalue weighted by Crippen LogP contribution is -2.28. The van der Waals surface area contributed by atoms with Gasteiger partial charge in [0.05, 0.1) is 19.6 Å². The van der Waals surface area contributed by atoms with E-state index in [1.165, 1.54) is 30.4 Å². The molecule has 0 aromatic heterocycles. The summed E-state index contributed by atoms with van der Waals surface area (Å²) in [4.78, 5) is 12.4. The second-order valence-electron chi connectivity index (χ2n) is 6.55. The molecule has 1 amide bonds. The van der Waals surface area contributed by atoms with Crippen LogP contribution >= 0.6 is 0 Å². The quantitative estimate of drug-likeness (QED) is 0.903. The van der Waals surface area contributed by atoms with E-state index in [9.17, 15) is 4.79 Å². The molecule has 24 heavy (non-hydrogen) atoms. The zero-order valence-corrected chi connectivity index (χ0v) is 14.5. The van der Waals surface area contributed by atoms with Crippen LogP contribution in [0.25, 0.3) is 0 Å². The number of fused-ring (bicyclic) bond motifs is 1. The molecule has 1 atom stereocenters. The van der Waals surface area contributed by atoms with Crippen LogP contribution in [0.1, 0.15) is 48.1 Å². The third-order valence-corrected chi connectivity index (χ3v) is 4.77. The second kappa shape index (κ2) is 7.52. The van der Waals surface area contributed by atoms with Gasteiger partial charge in [-0.15, -0.1) is 0 Å². The highest BCUT2D eigenvalue weighted by atomic mass is 16.5. The van der Waals surface area contributed by atoms with E-state index in [0.29, 0.717) is 6.42 Å². The first-order valence-corrected chi connectivity index (χ1v) is 8.69. The van der Waals surface area contributed by atoms with Crippen LogP contribution in [0.15, 0.2) is 42.5 Å². The van der Waals surface area contributed by atoms with Gasteiger partial charge >= 0.3 is 0 Å². The fourth-order valence-electron chi connectivity index (χ4n) is 3.35. The number of amides is 1. The van der Waals surface area contributed by atoms with Gasteiger partial charge in [-0.3, -0.25) is 4.79 Å². The summed E-state index contributed by atoms with van der Waals surface area (Å²) in [6.07, 6.45) is 5.31. The molecule has 3 rings (SSSR count). The Bertz CT molecular complexity index is 706. The summed E-state index contributed by atoms with van der Waals surface area (Å²) >= 11 is 0. The Kier molecular flexibility index (Phi) is 5.19. The van der Waals surface area contributed by atoms with Crippen molar-refractivity contribution in [2.24, 2.45) is 0 Å². The van der Waals surface area contributed by atoms with Gasteiger partial charge in [-0.1, -0.05) is 30.3 Å². The predicted octanol–water partition coefficient (Wildman–Crippen LogP) is 3.99. The standard InChI is InChI=1S/C21H25NO2/c1-15(17-9-11-20(24-2)12-10-17)22-21(23)14-16-7-8-18-5-3-4-6-19(18)13-16/h7-13,15H,3-6,14H2,1-2H3,(H,22,23)/t15-/m1/s1. The minimum atomic E-state index is -0.0129. The van der Waals surface area contributed by atoms with Crippen LogP contribution in [-0.2, 0) is 24.1 Å². The lowest BCUT2D eigenvalue weighted by molar-refractivity contribution is -0.121. The zero-order chi connectivity index (χ0) is 16.9. The number of ether oxygens (including phenoxy) is 1. The largest absolute Gasteiger partial charge is 0.497 e. The second-order valence-corrected chi connectivity index (χ2v) is 6.55. The summed E-state index contributed by atoms with van der Waals surface area (Å²) in [5.74, 6) is 0.889. The molecule has 0 saturated heterocycles. The molecule has 3 heteroatoms. The topological polar surface area (TPSA) is 38.3 Å². The molecule has 0 unspecified atom stereocenters. The van der Waals surface area contributed by atoms with Crippen molar-refractivity contribution in [1.29, 1.82) is 0 Å². The summed E-state index contributed by atoms with van der Waals surface area (Å²) < 4.78 is 5.17. The Labute approximate surface area is 144 Å². The van der Waals surface area contributed by atoms with Crippen molar-refractivity contribution in [2.45, 2.75) is 45.1 Å². The van der Waals surface area contributed by atoms with Gasteiger partial charge in [0, 0.05) is 0 Å². The summed E-state index contributed by atoms with van der Waals surface area (Å²) in [6.45, 7) is 2.01. The van der Waals surface area contributed by atoms with Gasteiger partial charge in [-0.05, 0) is 67.0 Å². The van der Waals surface area contributed by atoms with Gasteiger partial charge in [0.25, 0.3) is 0 Å². The van der Waals surface area contributed by atoms with Crippen molar-refractivity contribution < 1.29 is 9.53 Å². The highest BCUT2D eigenvalue weighted by Crippen LogP contribution is 2.23. The van der Waals surface area contributed by atoms with Gasteiger partial charge in [0.15, 0.2) is 0 Å². The number of aryl methyl sites for hydroxylation is 2. The minimum Gasteiger partial charge on any atom is -0.497 e. The van der Waals surface area contributed by atoms with Crippen LogP contribution in [0.2, 0.25) is 0 Å². The SMILES string of the molecule is COc1ccc([C@@H](C)NC(=O)Cc2ccc3c(c2)CCCC3)cc1. The molecule has 0 aliphatic heterocycles. The Balaban J connectivity index is 1.60. The van der Waals surface area contributed by atoms with E-state index in [4.69, 9.17) is 4.74 Å². The van der Waals surface area contributed by atoms with Crippen molar-refractivity contribution in [1.82, 2.24) is 5.32 Å². The van der Waals surface area contributed by atoms with Gasteiger partial charge < -0.3 is 10.1 Å². The molecule has 0 radical (unpaired) electrons. The average molecular weight is 323 g/mol. The summed E-state index contributed by atoms with van der Waals surface area (Å²) in [5.41, 5.74) is 5.07. The van der Waals surface area contributed by atoms with Crippen LogP contribution in [-0.4, -0.2) is 13.0 Å². The Morgan fingerprint density at radius 2 is 1.79 bits per heavy atom. The molecule has 0 saturated carbocycles. The molecule has 0 heterocycles. The normalized spacial score (nSPS) is 14.6. The summed E-state index contributed by atoms with van der Waals surface area (Å²) in [5, 5.41) is 3.08. The molecule has 2 aromatic rings. The first-order chi connectivity index (χ1) is 11.7. The molecule has 0 spiro atoms. The minimum absolute atomic E-state index is 0.0129. The lowest BCUT2D eigenvalue weighted by Gasteiger charge is -2.17. The van der Waals surface area contributed by atoms with E-state index >= 15 is 0 Å². The zero-order valence-electron chi connectivity index (χ0n) is 14.5. The number of hydrogen-bond acceptors (Lipinski definition) is 2. The summed E-state index contributed by atoms with van der Waals surface area (Å²) in [6, 6.07) is 14.3. The van der Waals surface area contributed by atoms with E-state index < -0.39 is 0 Å². The van der Waals surface area contributed by atoms with Crippen LogP contribution in [0, 0.1) is 0 Å². The van der Waals surface area contributed by atoms with Gasteiger partial charge in [-0.25, -0.2) is 0 Å². The Hall–Kier alpha value is -2.29. The Morgan fingerprint density at radius 3 is 2.50 bits per heavy atom. The number of carbonyl (C=O) groups excluding carboxylic acids is 1. The third-order valence-electron chi connectivity index (χ3n) is 4.77. The molecule has 2 aromatic carbocycles. The fraction of sp³-hybridized carbons (Fsp3) is 0.381. The maximum atomic E-state index is 12.4. The first-order valence-electron chi connectivity index (χ1n) is 8.69. The number of nitrogens with one attached hydrogen (secondary N) is 1. The number of rotatable bonds is 5. The van der Waals surface area contributed by atoms with E-state index in [-0.39, 0.29) is 11.9 Å². The molecule has 126 valence electrons. The van der Waals surface area contributed by atoms with Crippen molar-refractivity contribution in [3.05, 3.63) is 64.7 Å². The van der Waals surface area contributed by atoms with Crippen LogP contribution in [0.4, 0.5) is 0 Å². The average Bonchev–Trinajstić information content (AvgIpc) is 2.61. The molecular formula is C21H25NO2. The van der Waals surface area contributed by atoms with Crippen molar-refractivity contribution in [3.63, 3.8) is 0 Å². The molecule has 1 aliphatic rings. The third kappa shape index (κ3) is 3.97.